The largest absolute Gasteiger partial charge is 0.462 e. The van der Waals surface area contributed by atoms with Crippen molar-refractivity contribution in [1.29, 1.82) is 0 Å². The maximum atomic E-state index is 12.7. The minimum absolute atomic E-state index is 0.119. The third-order valence-electron chi connectivity index (χ3n) is 9.84. The molecule has 0 aromatic heterocycles. The van der Waals surface area contributed by atoms with Crippen molar-refractivity contribution < 1.29 is 28.6 Å². The number of carbonyl (C=O) groups excluding carboxylic acids is 3. The van der Waals surface area contributed by atoms with E-state index in [0.717, 1.165) is 89.9 Å². The van der Waals surface area contributed by atoms with Crippen LogP contribution in [0.15, 0.2) is 122 Å². The lowest BCUT2D eigenvalue weighted by molar-refractivity contribution is -0.167. The first-order valence-corrected chi connectivity index (χ1v) is 24.6. The Morgan fingerprint density at radius 1 is 0.355 bits per heavy atom. The third kappa shape index (κ3) is 46.9. The Morgan fingerprint density at radius 2 is 0.726 bits per heavy atom. The number of rotatable bonds is 42. The molecule has 0 N–H and O–H groups in total. The molecule has 0 spiro atoms. The number of allylic oxidation sites excluding steroid dienone is 20. The van der Waals surface area contributed by atoms with Crippen LogP contribution in [0.3, 0.4) is 0 Å². The van der Waals surface area contributed by atoms with Gasteiger partial charge in [0.15, 0.2) is 6.10 Å². The molecule has 0 aliphatic carbocycles. The Labute approximate surface area is 380 Å². The van der Waals surface area contributed by atoms with Crippen LogP contribution < -0.4 is 0 Å². The molecule has 6 heteroatoms. The fourth-order valence-electron chi connectivity index (χ4n) is 6.20. The Hall–Kier alpha value is -4.19. The zero-order chi connectivity index (χ0) is 45.1. The standard InChI is InChI=1S/C56H88O6/c1-4-7-10-13-16-19-22-25-26-27-28-29-30-32-34-37-40-43-46-49-55(58)61-52-53(51-60-54(57)48-45-42-39-36-33-24-21-18-15-12-9-6-3)62-56(59)50-47-44-41-38-35-31-23-20-17-14-11-8-5-2/h7-8,10-11,14,16-17,19-20,23,25-26,28-29,31-32,34-35,38,41,53H,4-6,9,12-13,15,18,21-22,24,27,30,33,36-37,39-40,42-52H2,1-3H3/b10-7-,11-8-,17-14-,19-16-,23-20-,26-25-,29-28-,34-32-,35-31-,41-38-. The molecule has 0 aromatic carbocycles. The average Bonchev–Trinajstić information content (AvgIpc) is 3.27. The van der Waals surface area contributed by atoms with Crippen LogP contribution in [0.2, 0.25) is 0 Å². The Bertz CT molecular complexity index is 1350. The molecule has 1 unspecified atom stereocenters. The van der Waals surface area contributed by atoms with Crippen LogP contribution in [0.5, 0.6) is 0 Å². The van der Waals surface area contributed by atoms with Gasteiger partial charge in [-0.15, -0.1) is 0 Å². The average molecular weight is 857 g/mol. The van der Waals surface area contributed by atoms with Gasteiger partial charge < -0.3 is 14.2 Å². The van der Waals surface area contributed by atoms with E-state index < -0.39 is 12.1 Å². The van der Waals surface area contributed by atoms with Crippen molar-refractivity contribution in [2.45, 2.75) is 200 Å². The van der Waals surface area contributed by atoms with E-state index in [4.69, 9.17) is 14.2 Å². The minimum Gasteiger partial charge on any atom is -0.462 e. The molecule has 0 aliphatic rings. The van der Waals surface area contributed by atoms with Crippen molar-refractivity contribution in [3.63, 3.8) is 0 Å². The summed E-state index contributed by atoms with van der Waals surface area (Å²) in [7, 11) is 0. The number of unbranched alkanes of at least 4 members (excludes halogenated alkanes) is 15. The van der Waals surface area contributed by atoms with Crippen molar-refractivity contribution in [2.24, 2.45) is 0 Å². The molecular formula is C56H88O6. The summed E-state index contributed by atoms with van der Waals surface area (Å²) in [5.74, 6) is -1.04. The molecule has 0 saturated carbocycles. The van der Waals surface area contributed by atoms with Gasteiger partial charge in [0.25, 0.3) is 0 Å². The summed E-state index contributed by atoms with van der Waals surface area (Å²) in [5.41, 5.74) is 0. The summed E-state index contributed by atoms with van der Waals surface area (Å²) >= 11 is 0. The second kappa shape index (κ2) is 49.5. The van der Waals surface area contributed by atoms with E-state index in [1.165, 1.54) is 57.8 Å². The van der Waals surface area contributed by atoms with E-state index in [9.17, 15) is 14.4 Å². The predicted molar refractivity (Wildman–Crippen MR) is 265 cm³/mol. The van der Waals surface area contributed by atoms with E-state index in [1.54, 1.807) is 0 Å². The topological polar surface area (TPSA) is 78.9 Å². The van der Waals surface area contributed by atoms with Gasteiger partial charge in [0.1, 0.15) is 13.2 Å². The van der Waals surface area contributed by atoms with Gasteiger partial charge in [0.2, 0.25) is 0 Å². The first-order valence-electron chi connectivity index (χ1n) is 24.6. The lowest BCUT2D eigenvalue weighted by atomic mass is 10.0. The van der Waals surface area contributed by atoms with E-state index in [-0.39, 0.29) is 31.6 Å². The van der Waals surface area contributed by atoms with Crippen molar-refractivity contribution in [1.82, 2.24) is 0 Å². The minimum atomic E-state index is -0.829. The molecule has 0 amide bonds. The van der Waals surface area contributed by atoms with Crippen LogP contribution >= 0.6 is 0 Å². The molecule has 348 valence electrons. The molecule has 6 nitrogen and oxygen atoms in total. The molecule has 0 heterocycles. The number of hydrogen-bond donors (Lipinski definition) is 0. The van der Waals surface area contributed by atoms with Gasteiger partial charge in [0.05, 0.1) is 0 Å². The fourth-order valence-corrected chi connectivity index (χ4v) is 6.20. The third-order valence-corrected chi connectivity index (χ3v) is 9.84. The van der Waals surface area contributed by atoms with E-state index in [2.05, 4.69) is 87.6 Å². The quantitative estimate of drug-likeness (QED) is 0.0200. The van der Waals surface area contributed by atoms with E-state index >= 15 is 0 Å². The van der Waals surface area contributed by atoms with Crippen molar-refractivity contribution >= 4 is 17.9 Å². The molecule has 62 heavy (non-hydrogen) atoms. The summed E-state index contributed by atoms with van der Waals surface area (Å²) in [6, 6.07) is 0. The smallest absolute Gasteiger partial charge is 0.306 e. The van der Waals surface area contributed by atoms with Crippen molar-refractivity contribution in [3.05, 3.63) is 122 Å². The summed E-state index contributed by atoms with van der Waals surface area (Å²) < 4.78 is 16.7. The van der Waals surface area contributed by atoms with Crippen LogP contribution in [-0.2, 0) is 28.6 Å². The number of esters is 3. The van der Waals surface area contributed by atoms with Gasteiger partial charge >= 0.3 is 17.9 Å². The summed E-state index contributed by atoms with van der Waals surface area (Å²) in [4.78, 5) is 37.9. The predicted octanol–water partition coefficient (Wildman–Crippen LogP) is 16.1. The van der Waals surface area contributed by atoms with Crippen LogP contribution in [-0.4, -0.2) is 37.2 Å². The van der Waals surface area contributed by atoms with Crippen molar-refractivity contribution in [2.75, 3.05) is 13.2 Å². The number of ether oxygens (including phenoxy) is 3. The normalized spacial score (nSPS) is 13.1. The van der Waals surface area contributed by atoms with Crippen LogP contribution in [0.1, 0.15) is 194 Å². The highest BCUT2D eigenvalue weighted by molar-refractivity contribution is 5.71. The highest BCUT2D eigenvalue weighted by atomic mass is 16.6. The number of carbonyl (C=O) groups is 3. The van der Waals surface area contributed by atoms with Gasteiger partial charge in [0, 0.05) is 19.3 Å². The SMILES string of the molecule is CC\C=C/C=C\C=C/C=C\C=C/CCCC(=O)OC(COC(=O)CCCCC/C=C\C/C=C\C/C=C\C/C=C\C/C=C\CC)COC(=O)CCCCCCCCCCCCCC. The molecule has 0 rings (SSSR count). The molecular weight excluding hydrogens is 769 g/mol. The summed E-state index contributed by atoms with van der Waals surface area (Å²) in [5, 5.41) is 0. The lowest BCUT2D eigenvalue weighted by Gasteiger charge is -2.18. The summed E-state index contributed by atoms with van der Waals surface area (Å²) in [6.45, 7) is 6.26. The van der Waals surface area contributed by atoms with Gasteiger partial charge in [-0.2, -0.15) is 0 Å². The van der Waals surface area contributed by atoms with Crippen LogP contribution in [0.4, 0.5) is 0 Å². The van der Waals surface area contributed by atoms with Gasteiger partial charge in [-0.3, -0.25) is 14.4 Å². The Balaban J connectivity index is 4.54. The second-order valence-corrected chi connectivity index (χ2v) is 15.7. The Kier molecular flexibility index (Phi) is 46.1. The van der Waals surface area contributed by atoms with Gasteiger partial charge in [-0.25, -0.2) is 0 Å². The molecule has 0 saturated heterocycles. The monoisotopic (exact) mass is 857 g/mol. The zero-order valence-electron chi connectivity index (χ0n) is 39.6. The first kappa shape index (κ1) is 57.8. The van der Waals surface area contributed by atoms with E-state index in [0.29, 0.717) is 19.3 Å². The van der Waals surface area contributed by atoms with Gasteiger partial charge in [-0.05, 0) is 77.0 Å². The zero-order valence-corrected chi connectivity index (χ0v) is 39.6. The van der Waals surface area contributed by atoms with Crippen LogP contribution in [0.25, 0.3) is 0 Å². The summed E-state index contributed by atoms with van der Waals surface area (Å²) in [6.07, 6.45) is 67.6. The fraction of sp³-hybridized carbons (Fsp3) is 0.589. The molecule has 0 aromatic rings. The highest BCUT2D eigenvalue weighted by Gasteiger charge is 2.19. The maximum Gasteiger partial charge on any atom is 0.306 e. The van der Waals surface area contributed by atoms with Gasteiger partial charge in [-0.1, -0.05) is 219 Å². The molecule has 0 fully saturated rings. The number of hydrogen-bond acceptors (Lipinski definition) is 6. The van der Waals surface area contributed by atoms with Crippen molar-refractivity contribution in [3.8, 4) is 0 Å². The highest BCUT2D eigenvalue weighted by Crippen LogP contribution is 2.13. The lowest BCUT2D eigenvalue weighted by Crippen LogP contribution is -2.30. The molecule has 0 aliphatic heterocycles. The second-order valence-electron chi connectivity index (χ2n) is 15.7. The molecule has 0 radical (unpaired) electrons. The Morgan fingerprint density at radius 3 is 1.21 bits per heavy atom. The maximum absolute atomic E-state index is 12.7. The molecule has 0 bridgehead atoms. The van der Waals surface area contributed by atoms with Crippen LogP contribution in [0, 0.1) is 0 Å². The first-order chi connectivity index (χ1) is 30.5. The van der Waals surface area contributed by atoms with E-state index in [1.807, 2.05) is 54.7 Å². The molecule has 1 atom stereocenters.